The number of hydrogen-bond acceptors (Lipinski definition) is 3. The van der Waals surface area contributed by atoms with Crippen LogP contribution in [0.4, 0.5) is 5.69 Å². The fourth-order valence-corrected chi connectivity index (χ4v) is 2.08. The van der Waals surface area contributed by atoms with Crippen LogP contribution < -0.4 is 5.32 Å². The molecular weight excluding hydrogens is 230 g/mol. The zero-order chi connectivity index (χ0) is 13.1. The maximum absolute atomic E-state index is 11.8. The van der Waals surface area contributed by atoms with E-state index < -0.39 is 0 Å². The minimum absolute atomic E-state index is 0.0744. The monoisotopic (exact) mass is 247 g/mol. The highest BCUT2D eigenvalue weighted by Crippen LogP contribution is 2.24. The molecule has 0 aliphatic carbocycles. The molecule has 1 amide bonds. The first kappa shape index (κ1) is 12.6. The van der Waals surface area contributed by atoms with Gasteiger partial charge in [0.1, 0.15) is 0 Å². The number of hydrogen-bond donors (Lipinski definition) is 1. The van der Waals surface area contributed by atoms with Crippen molar-refractivity contribution in [2.45, 2.75) is 32.8 Å². The standard InChI is InChI=1S/C14H17NO3/c1-9-3-5-12(6-4-9)15-13(16)8-11-7-10(2)18-14(11)17/h3-6,10-11H,7-8H2,1-2H3,(H,15,16)/t10-,11+/m0/s1. The maximum atomic E-state index is 11.8. The topological polar surface area (TPSA) is 55.4 Å². The Morgan fingerprint density at radius 2 is 2.06 bits per heavy atom. The second kappa shape index (κ2) is 5.21. The number of ether oxygens (including phenoxy) is 1. The smallest absolute Gasteiger partial charge is 0.309 e. The third-order valence-electron chi connectivity index (χ3n) is 3.03. The van der Waals surface area contributed by atoms with Crippen LogP contribution >= 0.6 is 0 Å². The molecule has 1 heterocycles. The zero-order valence-corrected chi connectivity index (χ0v) is 10.6. The highest BCUT2D eigenvalue weighted by molar-refractivity contribution is 5.93. The average molecular weight is 247 g/mol. The fourth-order valence-electron chi connectivity index (χ4n) is 2.08. The first-order valence-corrected chi connectivity index (χ1v) is 6.11. The van der Waals surface area contributed by atoms with Crippen molar-refractivity contribution in [2.24, 2.45) is 5.92 Å². The van der Waals surface area contributed by atoms with Gasteiger partial charge in [0.2, 0.25) is 5.91 Å². The van der Waals surface area contributed by atoms with Gasteiger partial charge in [0, 0.05) is 12.1 Å². The van der Waals surface area contributed by atoms with E-state index in [2.05, 4.69) is 5.32 Å². The van der Waals surface area contributed by atoms with Gasteiger partial charge >= 0.3 is 5.97 Å². The van der Waals surface area contributed by atoms with E-state index in [0.29, 0.717) is 6.42 Å². The Balaban J connectivity index is 1.89. The number of benzene rings is 1. The molecule has 0 bridgehead atoms. The third kappa shape index (κ3) is 3.09. The van der Waals surface area contributed by atoms with E-state index >= 15 is 0 Å². The van der Waals surface area contributed by atoms with Crippen molar-refractivity contribution in [3.8, 4) is 0 Å². The molecule has 0 spiro atoms. The van der Waals surface area contributed by atoms with Crippen molar-refractivity contribution in [3.63, 3.8) is 0 Å². The van der Waals surface area contributed by atoms with Crippen LogP contribution in [-0.4, -0.2) is 18.0 Å². The molecule has 1 fully saturated rings. The Morgan fingerprint density at radius 3 is 2.61 bits per heavy atom. The van der Waals surface area contributed by atoms with Crippen molar-refractivity contribution in [1.82, 2.24) is 0 Å². The van der Waals surface area contributed by atoms with E-state index in [4.69, 9.17) is 4.74 Å². The molecule has 1 N–H and O–H groups in total. The van der Waals surface area contributed by atoms with Crippen molar-refractivity contribution in [3.05, 3.63) is 29.8 Å². The van der Waals surface area contributed by atoms with Gasteiger partial charge in [-0.3, -0.25) is 9.59 Å². The first-order chi connectivity index (χ1) is 8.54. The van der Waals surface area contributed by atoms with Crippen LogP contribution in [0.1, 0.15) is 25.3 Å². The largest absolute Gasteiger partial charge is 0.462 e. The Morgan fingerprint density at radius 1 is 1.39 bits per heavy atom. The molecule has 4 heteroatoms. The summed E-state index contributed by atoms with van der Waals surface area (Å²) in [6, 6.07) is 7.56. The van der Waals surface area contributed by atoms with Gasteiger partial charge in [-0.05, 0) is 32.4 Å². The average Bonchev–Trinajstić information content (AvgIpc) is 2.61. The lowest BCUT2D eigenvalue weighted by Gasteiger charge is -2.07. The Hall–Kier alpha value is -1.84. The quantitative estimate of drug-likeness (QED) is 0.834. The van der Waals surface area contributed by atoms with Crippen molar-refractivity contribution < 1.29 is 14.3 Å². The van der Waals surface area contributed by atoms with Gasteiger partial charge in [-0.15, -0.1) is 0 Å². The van der Waals surface area contributed by atoms with Crippen LogP contribution in [0.25, 0.3) is 0 Å². The van der Waals surface area contributed by atoms with Gasteiger partial charge in [0.15, 0.2) is 0 Å². The molecule has 2 atom stereocenters. The Kier molecular flexibility index (Phi) is 3.65. The van der Waals surface area contributed by atoms with Gasteiger partial charge in [0.25, 0.3) is 0 Å². The van der Waals surface area contributed by atoms with Crippen molar-refractivity contribution >= 4 is 17.6 Å². The number of rotatable bonds is 3. The van der Waals surface area contributed by atoms with Crippen molar-refractivity contribution in [2.75, 3.05) is 5.32 Å². The summed E-state index contributed by atoms with van der Waals surface area (Å²) >= 11 is 0. The summed E-state index contributed by atoms with van der Waals surface area (Å²) in [5, 5.41) is 2.78. The number of carbonyl (C=O) groups excluding carboxylic acids is 2. The van der Waals surface area contributed by atoms with E-state index in [1.165, 1.54) is 0 Å². The molecule has 18 heavy (non-hydrogen) atoms. The van der Waals surface area contributed by atoms with Gasteiger partial charge in [0.05, 0.1) is 12.0 Å². The molecule has 0 radical (unpaired) electrons. The molecular formula is C14H17NO3. The second-order valence-electron chi connectivity index (χ2n) is 4.80. The number of cyclic esters (lactones) is 1. The van der Waals surface area contributed by atoms with E-state index in [1.54, 1.807) is 0 Å². The Bertz CT molecular complexity index is 453. The van der Waals surface area contributed by atoms with Gasteiger partial charge < -0.3 is 10.1 Å². The second-order valence-corrected chi connectivity index (χ2v) is 4.80. The minimum atomic E-state index is -0.301. The first-order valence-electron chi connectivity index (χ1n) is 6.11. The molecule has 1 saturated heterocycles. The summed E-state index contributed by atoms with van der Waals surface area (Å²) in [7, 11) is 0. The van der Waals surface area contributed by atoms with Crippen molar-refractivity contribution in [1.29, 1.82) is 0 Å². The van der Waals surface area contributed by atoms with Crippen LogP contribution in [0.15, 0.2) is 24.3 Å². The normalized spacial score (nSPS) is 22.7. The predicted octanol–water partition coefficient (Wildman–Crippen LogP) is 2.28. The minimum Gasteiger partial charge on any atom is -0.462 e. The highest BCUT2D eigenvalue weighted by Gasteiger charge is 2.33. The van der Waals surface area contributed by atoms with Crippen LogP contribution in [0.2, 0.25) is 0 Å². The number of anilines is 1. The molecule has 0 aromatic heterocycles. The summed E-state index contributed by atoms with van der Waals surface area (Å²) in [6.45, 7) is 3.83. The summed E-state index contributed by atoms with van der Waals surface area (Å²) in [5.74, 6) is -0.707. The van der Waals surface area contributed by atoms with Crippen LogP contribution in [0, 0.1) is 12.8 Å². The molecule has 2 rings (SSSR count). The zero-order valence-electron chi connectivity index (χ0n) is 10.6. The molecule has 96 valence electrons. The van der Waals surface area contributed by atoms with E-state index in [9.17, 15) is 9.59 Å². The van der Waals surface area contributed by atoms with Crippen LogP contribution in [0.3, 0.4) is 0 Å². The molecule has 1 aliphatic rings. The molecule has 1 aromatic rings. The molecule has 0 saturated carbocycles. The van der Waals surface area contributed by atoms with E-state index in [1.807, 2.05) is 38.1 Å². The maximum Gasteiger partial charge on any atom is 0.309 e. The summed E-state index contributed by atoms with van der Waals surface area (Å²) in [5.41, 5.74) is 1.89. The predicted molar refractivity (Wildman–Crippen MR) is 68.1 cm³/mol. The van der Waals surface area contributed by atoms with E-state index in [0.717, 1.165) is 11.3 Å². The highest BCUT2D eigenvalue weighted by atomic mass is 16.5. The SMILES string of the molecule is Cc1ccc(NC(=O)C[C@H]2C[C@H](C)OC2=O)cc1. The lowest BCUT2D eigenvalue weighted by Crippen LogP contribution is -2.19. The fraction of sp³-hybridized carbons (Fsp3) is 0.429. The number of carbonyl (C=O) groups is 2. The number of amides is 1. The lowest BCUT2D eigenvalue weighted by molar-refractivity contribution is -0.144. The lowest BCUT2D eigenvalue weighted by atomic mass is 10.0. The molecule has 4 nitrogen and oxygen atoms in total. The summed E-state index contributed by atoms with van der Waals surface area (Å²) in [6.07, 6.45) is 0.742. The van der Waals surface area contributed by atoms with Crippen LogP contribution in [0.5, 0.6) is 0 Å². The summed E-state index contributed by atoms with van der Waals surface area (Å²) in [4.78, 5) is 23.2. The number of aryl methyl sites for hydroxylation is 1. The number of esters is 1. The van der Waals surface area contributed by atoms with Gasteiger partial charge in [-0.1, -0.05) is 17.7 Å². The van der Waals surface area contributed by atoms with E-state index in [-0.39, 0.29) is 30.3 Å². The van der Waals surface area contributed by atoms with Gasteiger partial charge in [-0.2, -0.15) is 0 Å². The molecule has 1 aliphatic heterocycles. The summed E-state index contributed by atoms with van der Waals surface area (Å²) < 4.78 is 5.02. The number of nitrogens with one attached hydrogen (secondary N) is 1. The van der Waals surface area contributed by atoms with Gasteiger partial charge in [-0.25, -0.2) is 0 Å². The van der Waals surface area contributed by atoms with Crippen LogP contribution in [-0.2, 0) is 14.3 Å². The third-order valence-corrected chi connectivity index (χ3v) is 3.03. The Labute approximate surface area is 106 Å². The molecule has 0 unspecified atom stereocenters. The molecule has 1 aromatic carbocycles.